The van der Waals surface area contributed by atoms with E-state index in [4.69, 9.17) is 16.3 Å². The highest BCUT2D eigenvalue weighted by Crippen LogP contribution is 2.38. The van der Waals surface area contributed by atoms with Gasteiger partial charge in [0.15, 0.2) is 0 Å². The summed E-state index contributed by atoms with van der Waals surface area (Å²) in [5.41, 5.74) is -0.128. The first-order valence-electron chi connectivity index (χ1n) is 5.69. The van der Waals surface area contributed by atoms with Gasteiger partial charge in [-0.05, 0) is 27.9 Å². The molecule has 0 spiro atoms. The van der Waals surface area contributed by atoms with E-state index >= 15 is 0 Å². The molecule has 0 radical (unpaired) electrons. The standard InChI is InChI=1S/C12H14Br2ClNO3/c1-7(2)8(5-13)6-19-12-10(14)3-9(15)4-11(12)16(17)18/h3-4,7-8H,5-6H2,1-2H3. The third kappa shape index (κ3) is 4.61. The maximum atomic E-state index is 11.0. The Kier molecular flexibility index (Phi) is 6.56. The van der Waals surface area contributed by atoms with Crippen molar-refractivity contribution in [2.45, 2.75) is 13.8 Å². The molecular formula is C12H14Br2ClNO3. The van der Waals surface area contributed by atoms with Crippen LogP contribution in [0.25, 0.3) is 0 Å². The third-order valence-electron chi connectivity index (χ3n) is 2.77. The lowest BCUT2D eigenvalue weighted by molar-refractivity contribution is -0.386. The smallest absolute Gasteiger partial charge is 0.313 e. The van der Waals surface area contributed by atoms with Crippen molar-refractivity contribution >= 4 is 49.1 Å². The van der Waals surface area contributed by atoms with Gasteiger partial charge < -0.3 is 4.74 Å². The molecule has 1 atom stereocenters. The Morgan fingerprint density at radius 1 is 1.47 bits per heavy atom. The minimum absolute atomic E-state index is 0.128. The Labute approximate surface area is 133 Å². The summed E-state index contributed by atoms with van der Waals surface area (Å²) in [5, 5.41) is 12.1. The molecule has 0 aliphatic rings. The molecule has 0 aromatic heterocycles. The fourth-order valence-corrected chi connectivity index (χ4v) is 3.27. The van der Waals surface area contributed by atoms with E-state index in [0.29, 0.717) is 22.0 Å². The van der Waals surface area contributed by atoms with E-state index in [1.165, 1.54) is 6.07 Å². The second-order valence-corrected chi connectivity index (χ2v) is 6.40. The van der Waals surface area contributed by atoms with Crippen LogP contribution >= 0.6 is 43.5 Å². The Hall–Kier alpha value is -0.330. The number of nitro groups is 1. The molecule has 0 bridgehead atoms. The highest BCUT2D eigenvalue weighted by atomic mass is 79.9. The number of nitro benzene ring substituents is 1. The molecule has 1 aromatic carbocycles. The minimum Gasteiger partial charge on any atom is -0.486 e. The molecule has 0 aliphatic heterocycles. The van der Waals surface area contributed by atoms with Crippen molar-refractivity contribution < 1.29 is 9.66 Å². The Morgan fingerprint density at radius 3 is 2.58 bits per heavy atom. The monoisotopic (exact) mass is 413 g/mol. The quantitative estimate of drug-likeness (QED) is 0.371. The molecule has 7 heteroatoms. The number of hydrogen-bond donors (Lipinski definition) is 0. The summed E-state index contributed by atoms with van der Waals surface area (Å²) in [6, 6.07) is 2.88. The van der Waals surface area contributed by atoms with Crippen LogP contribution in [0.3, 0.4) is 0 Å². The number of ether oxygens (including phenoxy) is 1. The van der Waals surface area contributed by atoms with Gasteiger partial charge in [0.05, 0.1) is 16.0 Å². The van der Waals surface area contributed by atoms with Crippen LogP contribution in [0.1, 0.15) is 13.8 Å². The van der Waals surface area contributed by atoms with Crippen molar-refractivity contribution in [2.24, 2.45) is 11.8 Å². The Balaban J connectivity index is 2.97. The maximum Gasteiger partial charge on any atom is 0.313 e. The van der Waals surface area contributed by atoms with Gasteiger partial charge >= 0.3 is 5.69 Å². The van der Waals surface area contributed by atoms with Crippen molar-refractivity contribution in [1.82, 2.24) is 0 Å². The maximum absolute atomic E-state index is 11.0. The van der Waals surface area contributed by atoms with Crippen molar-refractivity contribution in [2.75, 3.05) is 11.9 Å². The lowest BCUT2D eigenvalue weighted by Crippen LogP contribution is -2.19. The lowest BCUT2D eigenvalue weighted by atomic mass is 9.99. The van der Waals surface area contributed by atoms with Crippen LogP contribution in [0.5, 0.6) is 5.75 Å². The molecule has 0 fully saturated rings. The second-order valence-electron chi connectivity index (χ2n) is 4.46. The van der Waals surface area contributed by atoms with Crippen LogP contribution in [0.4, 0.5) is 5.69 Å². The highest BCUT2D eigenvalue weighted by molar-refractivity contribution is 9.10. The van der Waals surface area contributed by atoms with Crippen molar-refractivity contribution in [1.29, 1.82) is 0 Å². The molecule has 1 aromatic rings. The molecule has 0 N–H and O–H groups in total. The molecule has 1 unspecified atom stereocenters. The van der Waals surface area contributed by atoms with Crippen molar-refractivity contribution in [3.8, 4) is 5.75 Å². The summed E-state index contributed by atoms with van der Waals surface area (Å²) in [6.45, 7) is 4.57. The molecule has 4 nitrogen and oxygen atoms in total. The van der Waals surface area contributed by atoms with Gasteiger partial charge in [-0.3, -0.25) is 10.1 Å². The fraction of sp³-hybridized carbons (Fsp3) is 0.500. The zero-order valence-corrected chi connectivity index (χ0v) is 14.5. The summed E-state index contributed by atoms with van der Waals surface area (Å²) in [4.78, 5) is 10.5. The van der Waals surface area contributed by atoms with Gasteiger partial charge in [-0.25, -0.2) is 0 Å². The molecule has 0 amide bonds. The third-order valence-corrected chi connectivity index (χ3v) is 4.41. The SMILES string of the molecule is CC(C)C(CBr)COc1c(Br)cc(Cl)cc1[N+](=O)[O-]. The van der Waals surface area contributed by atoms with E-state index < -0.39 is 4.92 Å². The average molecular weight is 416 g/mol. The first-order valence-corrected chi connectivity index (χ1v) is 7.98. The summed E-state index contributed by atoms with van der Waals surface area (Å²) in [6.07, 6.45) is 0. The summed E-state index contributed by atoms with van der Waals surface area (Å²) in [7, 11) is 0. The normalized spacial score (nSPS) is 12.5. The summed E-state index contributed by atoms with van der Waals surface area (Å²) in [5.74, 6) is 0.924. The van der Waals surface area contributed by atoms with Crippen LogP contribution in [0.15, 0.2) is 16.6 Å². The van der Waals surface area contributed by atoms with Gasteiger partial charge in [-0.15, -0.1) is 0 Å². The summed E-state index contributed by atoms with van der Waals surface area (Å²) >= 11 is 12.5. The van der Waals surface area contributed by atoms with E-state index in [9.17, 15) is 10.1 Å². The zero-order valence-electron chi connectivity index (χ0n) is 10.5. The number of halogens is 3. The first-order chi connectivity index (χ1) is 8.86. The van der Waals surface area contributed by atoms with E-state index in [0.717, 1.165) is 5.33 Å². The summed E-state index contributed by atoms with van der Waals surface area (Å²) < 4.78 is 6.11. The van der Waals surface area contributed by atoms with Gasteiger partial charge in [0.25, 0.3) is 0 Å². The number of hydrogen-bond acceptors (Lipinski definition) is 3. The molecule has 19 heavy (non-hydrogen) atoms. The van der Waals surface area contributed by atoms with Crippen LogP contribution in [-0.2, 0) is 0 Å². The molecule has 0 saturated carbocycles. The number of benzene rings is 1. The van der Waals surface area contributed by atoms with Gasteiger partial charge in [0.2, 0.25) is 5.75 Å². The Morgan fingerprint density at radius 2 is 2.11 bits per heavy atom. The van der Waals surface area contributed by atoms with Crippen LogP contribution in [-0.4, -0.2) is 16.9 Å². The van der Waals surface area contributed by atoms with E-state index in [2.05, 4.69) is 45.7 Å². The molecule has 1 rings (SSSR count). The van der Waals surface area contributed by atoms with Gasteiger partial charge in [0.1, 0.15) is 0 Å². The second kappa shape index (κ2) is 7.45. The molecule has 0 heterocycles. The molecule has 106 valence electrons. The van der Waals surface area contributed by atoms with Crippen molar-refractivity contribution in [3.63, 3.8) is 0 Å². The van der Waals surface area contributed by atoms with Crippen molar-refractivity contribution in [3.05, 3.63) is 31.7 Å². The van der Waals surface area contributed by atoms with E-state index in [-0.39, 0.29) is 17.4 Å². The lowest BCUT2D eigenvalue weighted by Gasteiger charge is -2.19. The van der Waals surface area contributed by atoms with Crippen LogP contribution in [0, 0.1) is 22.0 Å². The van der Waals surface area contributed by atoms with Gasteiger partial charge in [-0.2, -0.15) is 0 Å². The van der Waals surface area contributed by atoms with E-state index in [1.807, 2.05) is 0 Å². The fourth-order valence-electron chi connectivity index (χ4n) is 1.43. The number of alkyl halides is 1. The predicted octanol–water partition coefficient (Wildman–Crippen LogP) is 5.06. The van der Waals surface area contributed by atoms with E-state index in [1.54, 1.807) is 6.07 Å². The highest BCUT2D eigenvalue weighted by Gasteiger charge is 2.22. The zero-order chi connectivity index (χ0) is 14.6. The molecule has 0 aliphatic carbocycles. The number of rotatable bonds is 6. The molecular weight excluding hydrogens is 401 g/mol. The molecule has 0 saturated heterocycles. The van der Waals surface area contributed by atoms with Crippen LogP contribution in [0.2, 0.25) is 5.02 Å². The topological polar surface area (TPSA) is 52.4 Å². The Bertz CT molecular complexity index is 469. The first kappa shape index (κ1) is 16.7. The van der Waals surface area contributed by atoms with Crippen LogP contribution < -0.4 is 4.74 Å². The van der Waals surface area contributed by atoms with Gasteiger partial charge in [0, 0.05) is 22.3 Å². The van der Waals surface area contributed by atoms with Gasteiger partial charge in [-0.1, -0.05) is 41.4 Å². The average Bonchev–Trinajstić information content (AvgIpc) is 2.30. The number of nitrogens with zero attached hydrogens (tertiary/aromatic N) is 1. The largest absolute Gasteiger partial charge is 0.486 e. The predicted molar refractivity (Wildman–Crippen MR) is 83.4 cm³/mol. The minimum atomic E-state index is -0.496.